The number of hydrogen-bond donors (Lipinski definition) is 0. The summed E-state index contributed by atoms with van der Waals surface area (Å²) in [4.78, 5) is 8.26. The van der Waals surface area contributed by atoms with Gasteiger partial charge in [-0.05, 0) is 12.5 Å². The van der Waals surface area contributed by atoms with Gasteiger partial charge >= 0.3 is 0 Å². The van der Waals surface area contributed by atoms with E-state index in [1.165, 1.54) is 6.07 Å². The van der Waals surface area contributed by atoms with Crippen molar-refractivity contribution in [3.05, 3.63) is 28.6 Å². The Kier molecular flexibility index (Phi) is 3.41. The highest BCUT2D eigenvalue weighted by Gasteiger charge is 2.09. The molecular weight excluding hydrogens is 247 g/mol. The molecule has 2 aromatic heterocycles. The lowest BCUT2D eigenvalue weighted by Crippen LogP contribution is -2.03. The molecule has 0 atom stereocenters. The number of hydrogen-bond acceptors (Lipinski definition) is 3. The Morgan fingerprint density at radius 1 is 1.25 bits per heavy atom. The van der Waals surface area contributed by atoms with Crippen molar-refractivity contribution >= 4 is 23.2 Å². The monoisotopic (exact) mass is 256 g/mol. The molecule has 2 rings (SSSR count). The molecule has 0 aromatic carbocycles. The van der Waals surface area contributed by atoms with E-state index in [2.05, 4.69) is 22.0 Å². The van der Waals surface area contributed by atoms with Gasteiger partial charge in [-0.2, -0.15) is 5.10 Å². The molecule has 2 heterocycles. The number of nitrogens with zero attached hydrogens (tertiary/aromatic N) is 4. The van der Waals surface area contributed by atoms with Gasteiger partial charge in [0.15, 0.2) is 5.82 Å². The van der Waals surface area contributed by atoms with E-state index in [0.29, 0.717) is 16.1 Å². The average molecular weight is 257 g/mol. The van der Waals surface area contributed by atoms with Crippen molar-refractivity contribution in [2.24, 2.45) is 0 Å². The van der Waals surface area contributed by atoms with Crippen LogP contribution in [0.1, 0.15) is 13.3 Å². The predicted octanol–water partition coefficient (Wildman–Crippen LogP) is 3.06. The molecule has 0 aliphatic heterocycles. The highest BCUT2D eigenvalue weighted by Crippen LogP contribution is 2.20. The van der Waals surface area contributed by atoms with E-state index in [1.54, 1.807) is 6.20 Å². The molecule has 84 valence electrons. The van der Waals surface area contributed by atoms with Crippen LogP contribution in [-0.2, 0) is 6.54 Å². The highest BCUT2D eigenvalue weighted by atomic mass is 35.5. The van der Waals surface area contributed by atoms with Crippen molar-refractivity contribution in [1.82, 2.24) is 19.7 Å². The molecule has 0 unspecified atom stereocenters. The third-order valence-corrected chi connectivity index (χ3v) is 2.43. The summed E-state index contributed by atoms with van der Waals surface area (Å²) in [7, 11) is 0. The second kappa shape index (κ2) is 4.80. The second-order valence-corrected chi connectivity index (χ2v) is 4.05. The van der Waals surface area contributed by atoms with Gasteiger partial charge in [0, 0.05) is 18.8 Å². The Hall–Kier alpha value is -1.13. The van der Waals surface area contributed by atoms with E-state index in [1.807, 2.05) is 10.7 Å². The van der Waals surface area contributed by atoms with Crippen molar-refractivity contribution in [1.29, 1.82) is 0 Å². The minimum atomic E-state index is 0.333. The quantitative estimate of drug-likeness (QED) is 0.793. The molecule has 0 bridgehead atoms. The third-order valence-electron chi connectivity index (χ3n) is 2.04. The van der Waals surface area contributed by atoms with Crippen LogP contribution in [0.4, 0.5) is 0 Å². The number of halogens is 2. The Balaban J connectivity index is 2.45. The van der Waals surface area contributed by atoms with E-state index in [0.717, 1.165) is 18.7 Å². The van der Waals surface area contributed by atoms with Crippen molar-refractivity contribution in [2.45, 2.75) is 19.9 Å². The summed E-state index contributed by atoms with van der Waals surface area (Å²) in [5, 5.41) is 4.86. The first-order chi connectivity index (χ1) is 7.70. The first-order valence-electron chi connectivity index (χ1n) is 4.93. The van der Waals surface area contributed by atoms with E-state index < -0.39 is 0 Å². The molecule has 0 aliphatic carbocycles. The first-order valence-corrected chi connectivity index (χ1v) is 5.68. The minimum Gasteiger partial charge on any atom is -0.262 e. The van der Waals surface area contributed by atoms with Crippen LogP contribution in [0.15, 0.2) is 18.3 Å². The van der Waals surface area contributed by atoms with E-state index >= 15 is 0 Å². The number of aromatic nitrogens is 4. The van der Waals surface area contributed by atoms with Gasteiger partial charge in [0.1, 0.15) is 16.0 Å². The fraction of sp³-hybridized carbons (Fsp3) is 0.300. The standard InChI is InChI=1S/C10H10Cl2N4/c1-2-5-16-7(3-4-13-16)10-14-8(11)6-9(12)15-10/h3-4,6H,2,5H2,1H3. The lowest BCUT2D eigenvalue weighted by molar-refractivity contribution is 0.606. The smallest absolute Gasteiger partial charge is 0.180 e. The lowest BCUT2D eigenvalue weighted by Gasteiger charge is -2.05. The average Bonchev–Trinajstić information content (AvgIpc) is 2.65. The zero-order valence-electron chi connectivity index (χ0n) is 8.69. The van der Waals surface area contributed by atoms with Gasteiger partial charge in [0.2, 0.25) is 0 Å². The van der Waals surface area contributed by atoms with E-state index in [9.17, 15) is 0 Å². The van der Waals surface area contributed by atoms with Gasteiger partial charge < -0.3 is 0 Å². The van der Waals surface area contributed by atoms with Gasteiger partial charge in [-0.1, -0.05) is 30.1 Å². The summed E-state index contributed by atoms with van der Waals surface area (Å²) in [6.07, 6.45) is 2.70. The van der Waals surface area contributed by atoms with Crippen LogP contribution in [0.3, 0.4) is 0 Å². The maximum atomic E-state index is 5.83. The van der Waals surface area contributed by atoms with Crippen LogP contribution in [0.5, 0.6) is 0 Å². The maximum Gasteiger partial charge on any atom is 0.180 e. The normalized spacial score (nSPS) is 10.7. The molecule has 0 amide bonds. The molecule has 0 aliphatic rings. The summed E-state index contributed by atoms with van der Waals surface area (Å²) in [5.74, 6) is 0.503. The molecule has 16 heavy (non-hydrogen) atoms. The van der Waals surface area contributed by atoms with Crippen LogP contribution in [0, 0.1) is 0 Å². The van der Waals surface area contributed by atoms with Crippen molar-refractivity contribution in [3.8, 4) is 11.5 Å². The molecule has 0 saturated carbocycles. The first kappa shape index (κ1) is 11.4. The molecular formula is C10H10Cl2N4. The van der Waals surface area contributed by atoms with Gasteiger partial charge in [-0.25, -0.2) is 9.97 Å². The van der Waals surface area contributed by atoms with E-state index in [4.69, 9.17) is 23.2 Å². The zero-order valence-corrected chi connectivity index (χ0v) is 10.2. The van der Waals surface area contributed by atoms with Crippen LogP contribution >= 0.6 is 23.2 Å². The van der Waals surface area contributed by atoms with Gasteiger partial charge in [0.05, 0.1) is 0 Å². The summed E-state index contributed by atoms with van der Waals surface area (Å²) in [6.45, 7) is 2.90. The number of aryl methyl sites for hydroxylation is 1. The molecule has 0 spiro atoms. The molecule has 0 N–H and O–H groups in total. The Bertz CT molecular complexity index is 475. The van der Waals surface area contributed by atoms with Crippen LogP contribution in [0.25, 0.3) is 11.5 Å². The van der Waals surface area contributed by atoms with Gasteiger partial charge in [0.25, 0.3) is 0 Å². The number of rotatable bonds is 3. The van der Waals surface area contributed by atoms with Crippen molar-refractivity contribution in [3.63, 3.8) is 0 Å². The zero-order chi connectivity index (χ0) is 11.5. The van der Waals surface area contributed by atoms with Gasteiger partial charge in [-0.3, -0.25) is 4.68 Å². The molecule has 4 nitrogen and oxygen atoms in total. The molecule has 2 aromatic rings. The Morgan fingerprint density at radius 3 is 2.56 bits per heavy atom. The topological polar surface area (TPSA) is 43.6 Å². The Morgan fingerprint density at radius 2 is 1.94 bits per heavy atom. The summed E-state index contributed by atoms with van der Waals surface area (Å²) >= 11 is 11.7. The molecule has 6 heteroatoms. The van der Waals surface area contributed by atoms with Gasteiger partial charge in [-0.15, -0.1) is 0 Å². The van der Waals surface area contributed by atoms with Crippen LogP contribution in [-0.4, -0.2) is 19.7 Å². The van der Waals surface area contributed by atoms with Crippen molar-refractivity contribution in [2.75, 3.05) is 0 Å². The highest BCUT2D eigenvalue weighted by molar-refractivity contribution is 6.33. The SMILES string of the molecule is CCCn1nccc1-c1nc(Cl)cc(Cl)n1. The van der Waals surface area contributed by atoms with E-state index in [-0.39, 0.29) is 0 Å². The molecule has 0 radical (unpaired) electrons. The second-order valence-electron chi connectivity index (χ2n) is 3.28. The maximum absolute atomic E-state index is 5.83. The minimum absolute atomic E-state index is 0.333. The summed E-state index contributed by atoms with van der Waals surface area (Å²) < 4.78 is 1.84. The third kappa shape index (κ3) is 2.33. The summed E-state index contributed by atoms with van der Waals surface area (Å²) in [5.41, 5.74) is 0.825. The Labute approximate surface area is 103 Å². The fourth-order valence-corrected chi connectivity index (χ4v) is 1.84. The fourth-order valence-electron chi connectivity index (χ4n) is 1.42. The molecule has 0 fully saturated rings. The lowest BCUT2D eigenvalue weighted by atomic mass is 10.4. The summed E-state index contributed by atoms with van der Waals surface area (Å²) in [6, 6.07) is 3.35. The van der Waals surface area contributed by atoms with Crippen molar-refractivity contribution < 1.29 is 0 Å². The molecule has 0 saturated heterocycles. The van der Waals surface area contributed by atoms with Crippen LogP contribution < -0.4 is 0 Å². The largest absolute Gasteiger partial charge is 0.262 e. The predicted molar refractivity (Wildman–Crippen MR) is 63.6 cm³/mol. The van der Waals surface area contributed by atoms with Crippen LogP contribution in [0.2, 0.25) is 10.3 Å².